The van der Waals surface area contributed by atoms with E-state index in [1.807, 2.05) is 0 Å². The molecule has 0 saturated carbocycles. The first kappa shape index (κ1) is 21.4. The number of sulfone groups is 1. The topological polar surface area (TPSA) is 89.5 Å². The van der Waals surface area contributed by atoms with Crippen molar-refractivity contribution in [3.8, 4) is 0 Å². The zero-order chi connectivity index (χ0) is 20.4. The summed E-state index contributed by atoms with van der Waals surface area (Å²) >= 11 is 9.31. The molecular weight excluding hydrogens is 458 g/mol. The lowest BCUT2D eigenvalue weighted by atomic mass is 10.1. The Bertz CT molecular complexity index is 987. The van der Waals surface area contributed by atoms with Gasteiger partial charge in [-0.2, -0.15) is 0 Å². The summed E-state index contributed by atoms with van der Waals surface area (Å²) in [6, 6.07) is 10.2. The Labute approximate surface area is 170 Å². The van der Waals surface area contributed by atoms with Gasteiger partial charge in [0, 0.05) is 4.47 Å². The Balaban J connectivity index is 2.36. The van der Waals surface area contributed by atoms with Gasteiger partial charge in [-0.3, -0.25) is 4.79 Å². The van der Waals surface area contributed by atoms with Crippen molar-refractivity contribution in [2.75, 3.05) is 12.4 Å². The second-order valence-electron chi connectivity index (χ2n) is 6.11. The summed E-state index contributed by atoms with van der Waals surface area (Å²) in [7, 11) is -2.76. The summed E-state index contributed by atoms with van der Waals surface area (Å²) in [5, 5.41) is 2.65. The van der Waals surface area contributed by atoms with Crippen molar-refractivity contribution in [1.82, 2.24) is 0 Å². The lowest BCUT2D eigenvalue weighted by Crippen LogP contribution is -2.44. The highest BCUT2D eigenvalue weighted by molar-refractivity contribution is 9.10. The summed E-state index contributed by atoms with van der Waals surface area (Å²) in [5.74, 6) is -1.39. The number of rotatable bonds is 5. The smallest absolute Gasteiger partial charge is 0.337 e. The molecule has 0 aliphatic heterocycles. The Morgan fingerprint density at radius 3 is 2.26 bits per heavy atom. The molecule has 0 heterocycles. The van der Waals surface area contributed by atoms with Crippen molar-refractivity contribution in [3.05, 3.63) is 57.5 Å². The highest BCUT2D eigenvalue weighted by Gasteiger charge is 2.43. The van der Waals surface area contributed by atoms with Crippen molar-refractivity contribution >= 4 is 54.9 Å². The molecule has 27 heavy (non-hydrogen) atoms. The number of anilines is 1. The minimum atomic E-state index is -3.99. The van der Waals surface area contributed by atoms with E-state index in [2.05, 4.69) is 26.0 Å². The lowest BCUT2D eigenvalue weighted by Gasteiger charge is -2.24. The van der Waals surface area contributed by atoms with Crippen LogP contribution in [0.4, 0.5) is 5.69 Å². The molecule has 9 heteroatoms. The van der Waals surface area contributed by atoms with Gasteiger partial charge in [0.15, 0.2) is 9.84 Å². The molecule has 2 aromatic rings. The third-order valence-corrected chi connectivity index (χ3v) is 7.26. The van der Waals surface area contributed by atoms with Crippen LogP contribution in [-0.4, -0.2) is 32.2 Å². The second-order valence-corrected chi connectivity index (χ2v) is 9.93. The summed E-state index contributed by atoms with van der Waals surface area (Å²) < 4.78 is 29.4. The zero-order valence-corrected chi connectivity index (χ0v) is 17.9. The molecule has 144 valence electrons. The quantitative estimate of drug-likeness (QED) is 0.660. The van der Waals surface area contributed by atoms with E-state index in [4.69, 9.17) is 11.6 Å². The van der Waals surface area contributed by atoms with Crippen molar-refractivity contribution in [1.29, 1.82) is 0 Å². The van der Waals surface area contributed by atoms with Crippen LogP contribution < -0.4 is 5.32 Å². The molecule has 0 atom stereocenters. The molecule has 0 fully saturated rings. The zero-order valence-electron chi connectivity index (χ0n) is 14.7. The number of amides is 1. The van der Waals surface area contributed by atoms with Gasteiger partial charge in [-0.15, -0.1) is 0 Å². The van der Waals surface area contributed by atoms with E-state index in [-0.39, 0.29) is 21.2 Å². The summed E-state index contributed by atoms with van der Waals surface area (Å²) in [6.45, 7) is 2.61. The number of esters is 1. The molecule has 0 aliphatic carbocycles. The van der Waals surface area contributed by atoms with Crippen LogP contribution in [0.15, 0.2) is 51.8 Å². The molecule has 6 nitrogen and oxygen atoms in total. The third kappa shape index (κ3) is 4.34. The van der Waals surface area contributed by atoms with E-state index in [9.17, 15) is 18.0 Å². The van der Waals surface area contributed by atoms with Gasteiger partial charge in [0.25, 0.3) is 0 Å². The largest absolute Gasteiger partial charge is 0.465 e. The van der Waals surface area contributed by atoms with E-state index in [1.165, 1.54) is 51.3 Å². The number of benzene rings is 2. The number of hydrogen-bond acceptors (Lipinski definition) is 5. The standard InChI is InChI=1S/C18H17BrClNO5S/c1-18(2,27(24,25)13-7-5-12(19)6-8-13)17(23)21-15-10-11(16(22)26-3)4-9-14(15)20/h4-10H,1-3H3,(H,21,23). The predicted molar refractivity (Wildman–Crippen MR) is 107 cm³/mol. The van der Waals surface area contributed by atoms with Gasteiger partial charge in [-0.1, -0.05) is 27.5 Å². The minimum absolute atomic E-state index is 0.0141. The minimum Gasteiger partial charge on any atom is -0.465 e. The van der Waals surface area contributed by atoms with Crippen LogP contribution >= 0.6 is 27.5 Å². The third-order valence-electron chi connectivity index (χ3n) is 3.98. The lowest BCUT2D eigenvalue weighted by molar-refractivity contribution is -0.117. The Kier molecular flexibility index (Phi) is 6.34. The second kappa shape index (κ2) is 8.00. The SMILES string of the molecule is COC(=O)c1ccc(Cl)c(NC(=O)C(C)(C)S(=O)(=O)c2ccc(Br)cc2)c1. The van der Waals surface area contributed by atoms with E-state index in [1.54, 1.807) is 12.1 Å². The fraction of sp³-hybridized carbons (Fsp3) is 0.222. The number of halogens is 2. The monoisotopic (exact) mass is 473 g/mol. The van der Waals surface area contributed by atoms with E-state index in [0.717, 1.165) is 4.47 Å². The molecule has 2 aromatic carbocycles. The van der Waals surface area contributed by atoms with Crippen LogP contribution in [-0.2, 0) is 19.4 Å². The summed E-state index contributed by atoms with van der Waals surface area (Å²) in [5.41, 5.74) is 0.287. The molecule has 1 N–H and O–H groups in total. The fourth-order valence-corrected chi connectivity index (χ4v) is 3.98. The fourth-order valence-electron chi connectivity index (χ4n) is 2.17. The van der Waals surface area contributed by atoms with Crippen molar-refractivity contribution in [3.63, 3.8) is 0 Å². The molecule has 1 amide bonds. The molecule has 0 aromatic heterocycles. The predicted octanol–water partition coefficient (Wildman–Crippen LogP) is 4.08. The molecule has 0 unspecified atom stereocenters. The first-order chi connectivity index (χ1) is 12.5. The molecule has 0 aliphatic rings. The van der Waals surface area contributed by atoms with E-state index < -0.39 is 26.5 Å². The highest BCUT2D eigenvalue weighted by atomic mass is 79.9. The van der Waals surface area contributed by atoms with Gasteiger partial charge < -0.3 is 10.1 Å². The normalized spacial score (nSPS) is 11.7. The molecule has 2 rings (SSSR count). The van der Waals surface area contributed by atoms with Crippen LogP contribution in [0.1, 0.15) is 24.2 Å². The molecule has 0 spiro atoms. The summed E-state index contributed by atoms with van der Waals surface area (Å²) in [6.07, 6.45) is 0. The highest BCUT2D eigenvalue weighted by Crippen LogP contribution is 2.30. The van der Waals surface area contributed by atoms with Crippen LogP contribution in [0.2, 0.25) is 5.02 Å². The number of nitrogens with one attached hydrogen (secondary N) is 1. The molecule has 0 bridgehead atoms. The molecular formula is C18H17BrClNO5S. The Morgan fingerprint density at radius 2 is 1.70 bits per heavy atom. The van der Waals surface area contributed by atoms with E-state index >= 15 is 0 Å². The maximum atomic E-state index is 12.9. The van der Waals surface area contributed by atoms with Crippen molar-refractivity contribution in [2.24, 2.45) is 0 Å². The van der Waals surface area contributed by atoms with Gasteiger partial charge in [-0.05, 0) is 56.3 Å². The number of ether oxygens (including phenoxy) is 1. The van der Waals surface area contributed by atoms with Crippen LogP contribution in [0.3, 0.4) is 0 Å². The van der Waals surface area contributed by atoms with Crippen LogP contribution in [0, 0.1) is 0 Å². The van der Waals surface area contributed by atoms with Crippen LogP contribution in [0.5, 0.6) is 0 Å². The number of carbonyl (C=O) groups is 2. The van der Waals surface area contributed by atoms with Gasteiger partial charge in [0.2, 0.25) is 5.91 Å². The van der Waals surface area contributed by atoms with Gasteiger partial charge in [-0.25, -0.2) is 13.2 Å². The number of hydrogen-bond donors (Lipinski definition) is 1. The van der Waals surface area contributed by atoms with Gasteiger partial charge >= 0.3 is 5.97 Å². The number of methoxy groups -OCH3 is 1. The maximum absolute atomic E-state index is 12.9. The van der Waals surface area contributed by atoms with Gasteiger partial charge in [0.1, 0.15) is 4.75 Å². The van der Waals surface area contributed by atoms with E-state index in [0.29, 0.717) is 0 Å². The van der Waals surface area contributed by atoms with Crippen molar-refractivity contribution in [2.45, 2.75) is 23.5 Å². The Hall–Kier alpha value is -1.90. The van der Waals surface area contributed by atoms with Gasteiger partial charge in [0.05, 0.1) is 28.3 Å². The molecule has 0 saturated heterocycles. The van der Waals surface area contributed by atoms with Crippen molar-refractivity contribution < 1.29 is 22.7 Å². The first-order valence-corrected chi connectivity index (χ1v) is 10.4. The maximum Gasteiger partial charge on any atom is 0.337 e. The Morgan fingerprint density at radius 1 is 1.11 bits per heavy atom. The number of carbonyl (C=O) groups excluding carboxylic acids is 2. The molecule has 0 radical (unpaired) electrons. The average Bonchev–Trinajstić information content (AvgIpc) is 2.62. The van der Waals surface area contributed by atoms with Crippen LogP contribution in [0.25, 0.3) is 0 Å². The summed E-state index contributed by atoms with van der Waals surface area (Å²) in [4.78, 5) is 24.4. The average molecular weight is 475 g/mol. The first-order valence-electron chi connectivity index (χ1n) is 7.70.